The minimum atomic E-state index is -0.117. The quantitative estimate of drug-likeness (QED) is 0.837. The predicted molar refractivity (Wildman–Crippen MR) is 95.2 cm³/mol. The number of nitrogens with zero attached hydrogens (tertiary/aromatic N) is 2. The number of carbonyl (C=O) groups is 1. The Hall–Kier alpha value is -2.54. The van der Waals surface area contributed by atoms with Gasteiger partial charge in [-0.15, -0.1) is 0 Å². The smallest absolute Gasteiger partial charge is 0.238 e. The lowest BCUT2D eigenvalue weighted by molar-refractivity contribution is -0.115. The summed E-state index contributed by atoms with van der Waals surface area (Å²) in [4.78, 5) is 12.2. The summed E-state index contributed by atoms with van der Waals surface area (Å²) in [6.07, 6.45) is -0.117. The zero-order valence-electron chi connectivity index (χ0n) is 14.8. The minimum absolute atomic E-state index is 0.0982. The summed E-state index contributed by atoms with van der Waals surface area (Å²) in [6.45, 7) is 7.86. The summed E-state index contributed by atoms with van der Waals surface area (Å²) in [5, 5.41) is 10.5. The van der Waals surface area contributed by atoms with E-state index in [-0.39, 0.29) is 18.6 Å². The van der Waals surface area contributed by atoms with Crippen LogP contribution >= 0.6 is 0 Å². The molecule has 0 bridgehead atoms. The molecule has 1 amide bonds. The number of aromatic nitrogens is 2. The second kappa shape index (κ2) is 7.57. The topological polar surface area (TPSA) is 77.4 Å². The zero-order valence-corrected chi connectivity index (χ0v) is 14.8. The average Bonchev–Trinajstić information content (AvgIpc) is 2.89. The molecular weight excluding hydrogens is 320 g/mol. The fourth-order valence-corrected chi connectivity index (χ4v) is 2.88. The number of anilines is 1. The maximum Gasteiger partial charge on any atom is 0.238 e. The summed E-state index contributed by atoms with van der Waals surface area (Å²) >= 11 is 0. The van der Waals surface area contributed by atoms with E-state index in [1.807, 2.05) is 49.7 Å². The van der Waals surface area contributed by atoms with Crippen LogP contribution in [0.3, 0.4) is 0 Å². The number of carbonyl (C=O) groups excluding carboxylic acids is 1. The fraction of sp³-hybridized carbons (Fsp3) is 0.444. The third kappa shape index (κ3) is 3.93. The highest BCUT2D eigenvalue weighted by molar-refractivity contribution is 5.93. The highest BCUT2D eigenvalue weighted by Gasteiger charge is 2.20. The first kappa shape index (κ1) is 17.3. The Kier molecular flexibility index (Phi) is 5.23. The molecule has 0 radical (unpaired) electrons. The molecule has 7 nitrogen and oxygen atoms in total. The van der Waals surface area contributed by atoms with Crippen molar-refractivity contribution >= 4 is 11.6 Å². The number of benzene rings is 1. The molecule has 134 valence electrons. The second-order valence-electron chi connectivity index (χ2n) is 6.04. The Bertz CT molecular complexity index is 757. The third-order valence-corrected chi connectivity index (χ3v) is 4.17. The van der Waals surface area contributed by atoms with Crippen molar-refractivity contribution in [1.29, 1.82) is 0 Å². The monoisotopic (exact) mass is 344 g/mol. The van der Waals surface area contributed by atoms with Gasteiger partial charge in [-0.25, -0.2) is 0 Å². The summed E-state index contributed by atoms with van der Waals surface area (Å²) in [5.41, 5.74) is 2.59. The van der Waals surface area contributed by atoms with Crippen LogP contribution in [0.2, 0.25) is 0 Å². The van der Waals surface area contributed by atoms with Crippen molar-refractivity contribution in [3.8, 4) is 11.5 Å². The van der Waals surface area contributed by atoms with Crippen LogP contribution in [-0.4, -0.2) is 41.5 Å². The molecule has 2 N–H and O–H groups in total. The first-order chi connectivity index (χ1) is 12.1. The Morgan fingerprint density at radius 1 is 1.32 bits per heavy atom. The van der Waals surface area contributed by atoms with Gasteiger partial charge in [0.25, 0.3) is 0 Å². The van der Waals surface area contributed by atoms with Crippen LogP contribution in [0.5, 0.6) is 11.5 Å². The largest absolute Gasteiger partial charge is 0.486 e. The van der Waals surface area contributed by atoms with Crippen molar-refractivity contribution in [3.63, 3.8) is 0 Å². The summed E-state index contributed by atoms with van der Waals surface area (Å²) < 4.78 is 13.4. The van der Waals surface area contributed by atoms with Gasteiger partial charge in [0.15, 0.2) is 11.5 Å². The third-order valence-electron chi connectivity index (χ3n) is 4.17. The van der Waals surface area contributed by atoms with E-state index in [4.69, 9.17) is 9.47 Å². The zero-order chi connectivity index (χ0) is 17.8. The van der Waals surface area contributed by atoms with Gasteiger partial charge in [-0.1, -0.05) is 12.1 Å². The average molecular weight is 344 g/mol. The molecule has 1 aromatic heterocycles. The van der Waals surface area contributed by atoms with E-state index in [1.165, 1.54) is 0 Å². The number of ether oxygens (including phenoxy) is 2. The number of aryl methyl sites for hydroxylation is 2. The lowest BCUT2D eigenvalue weighted by atomic mass is 10.2. The SMILES string of the molecule is CCn1nc(C)c(NC(=O)CNCC2COc3ccccc3O2)c1C. The molecule has 0 spiro atoms. The number of amides is 1. The molecule has 2 aromatic rings. The van der Waals surface area contributed by atoms with Crippen LogP contribution in [0.4, 0.5) is 5.69 Å². The number of rotatable bonds is 6. The molecule has 1 aromatic carbocycles. The van der Waals surface area contributed by atoms with Crippen LogP contribution in [0.25, 0.3) is 0 Å². The van der Waals surface area contributed by atoms with Gasteiger partial charge in [0.1, 0.15) is 12.7 Å². The fourth-order valence-electron chi connectivity index (χ4n) is 2.88. The van der Waals surface area contributed by atoms with Gasteiger partial charge >= 0.3 is 0 Å². The Labute approximate surface area is 147 Å². The van der Waals surface area contributed by atoms with Crippen LogP contribution in [0, 0.1) is 13.8 Å². The minimum Gasteiger partial charge on any atom is -0.486 e. The van der Waals surface area contributed by atoms with Crippen molar-refractivity contribution in [2.24, 2.45) is 0 Å². The van der Waals surface area contributed by atoms with Crippen LogP contribution in [-0.2, 0) is 11.3 Å². The molecule has 1 aliphatic heterocycles. The number of nitrogens with one attached hydrogen (secondary N) is 2. The molecule has 3 rings (SSSR count). The lowest BCUT2D eigenvalue weighted by Gasteiger charge is -2.26. The van der Waals surface area contributed by atoms with Crippen molar-refractivity contribution in [3.05, 3.63) is 35.7 Å². The molecule has 0 aliphatic carbocycles. The number of hydrogen-bond donors (Lipinski definition) is 2. The van der Waals surface area contributed by atoms with Crippen molar-refractivity contribution < 1.29 is 14.3 Å². The van der Waals surface area contributed by atoms with E-state index in [2.05, 4.69) is 15.7 Å². The molecule has 0 fully saturated rings. The van der Waals surface area contributed by atoms with Gasteiger partial charge in [0.05, 0.1) is 23.6 Å². The van der Waals surface area contributed by atoms with E-state index in [0.717, 1.165) is 35.1 Å². The lowest BCUT2D eigenvalue weighted by Crippen LogP contribution is -2.41. The maximum atomic E-state index is 12.2. The predicted octanol–water partition coefficient (Wildman–Crippen LogP) is 1.89. The van der Waals surface area contributed by atoms with E-state index < -0.39 is 0 Å². The van der Waals surface area contributed by atoms with Gasteiger partial charge in [-0.05, 0) is 32.9 Å². The molecule has 1 aliphatic rings. The van der Waals surface area contributed by atoms with Gasteiger partial charge in [0, 0.05) is 13.1 Å². The van der Waals surface area contributed by atoms with Crippen molar-refractivity contribution in [2.75, 3.05) is 25.0 Å². The highest BCUT2D eigenvalue weighted by Crippen LogP contribution is 2.30. The number of hydrogen-bond acceptors (Lipinski definition) is 5. The molecule has 7 heteroatoms. The van der Waals surface area contributed by atoms with Crippen LogP contribution < -0.4 is 20.1 Å². The van der Waals surface area contributed by atoms with E-state index in [1.54, 1.807) is 0 Å². The van der Waals surface area contributed by atoms with Gasteiger partial charge < -0.3 is 20.1 Å². The molecule has 2 heterocycles. The van der Waals surface area contributed by atoms with E-state index in [0.29, 0.717) is 13.2 Å². The first-order valence-corrected chi connectivity index (χ1v) is 8.51. The molecule has 1 unspecified atom stereocenters. The Morgan fingerprint density at radius 2 is 2.08 bits per heavy atom. The van der Waals surface area contributed by atoms with E-state index in [9.17, 15) is 4.79 Å². The molecular formula is C18H24N4O3. The normalized spacial score (nSPS) is 15.9. The second-order valence-corrected chi connectivity index (χ2v) is 6.04. The molecule has 0 saturated carbocycles. The van der Waals surface area contributed by atoms with Crippen molar-refractivity contribution in [1.82, 2.24) is 15.1 Å². The number of para-hydroxylation sites is 2. The Balaban J connectivity index is 1.47. The summed E-state index contributed by atoms with van der Waals surface area (Å²) in [5.74, 6) is 1.40. The van der Waals surface area contributed by atoms with Gasteiger partial charge in [-0.2, -0.15) is 5.10 Å². The summed E-state index contributed by atoms with van der Waals surface area (Å²) in [7, 11) is 0. The maximum absolute atomic E-state index is 12.2. The van der Waals surface area contributed by atoms with Crippen LogP contribution in [0.1, 0.15) is 18.3 Å². The van der Waals surface area contributed by atoms with E-state index >= 15 is 0 Å². The van der Waals surface area contributed by atoms with Gasteiger partial charge in [0.2, 0.25) is 5.91 Å². The van der Waals surface area contributed by atoms with Crippen molar-refractivity contribution in [2.45, 2.75) is 33.4 Å². The summed E-state index contributed by atoms with van der Waals surface area (Å²) in [6, 6.07) is 7.58. The first-order valence-electron chi connectivity index (χ1n) is 8.51. The van der Waals surface area contributed by atoms with Crippen LogP contribution in [0.15, 0.2) is 24.3 Å². The number of fused-ring (bicyclic) bond motifs is 1. The molecule has 0 saturated heterocycles. The van der Waals surface area contributed by atoms with Gasteiger partial charge in [-0.3, -0.25) is 9.48 Å². The standard InChI is InChI=1S/C18H24N4O3/c1-4-22-13(3)18(12(2)21-22)20-17(23)10-19-9-14-11-24-15-7-5-6-8-16(15)25-14/h5-8,14,19H,4,9-11H2,1-3H3,(H,20,23). The Morgan fingerprint density at radius 3 is 2.80 bits per heavy atom. The highest BCUT2D eigenvalue weighted by atomic mass is 16.6. The molecule has 25 heavy (non-hydrogen) atoms. The molecule has 1 atom stereocenters.